The van der Waals surface area contributed by atoms with Crippen LogP contribution in [0, 0.1) is 0 Å². The standard InChI is InChI=1S/C23H29N3O6S/c1-31-19-7-3-17(4-8-19)21(27)26-14-2-13-25-18-5-9-20(10-6-18)33(29,30)23(22(24)28)11-15-32-16-12-23/h3-10,25H,2,11-16H2,1H3,(H2,24,28)(H,26,27). The Morgan fingerprint density at radius 3 is 2.24 bits per heavy atom. The fraction of sp³-hybridized carbons (Fsp3) is 0.391. The van der Waals surface area contributed by atoms with Gasteiger partial charge in [-0.2, -0.15) is 0 Å². The molecular formula is C23H29N3O6S. The second kappa shape index (κ2) is 10.7. The highest BCUT2D eigenvalue weighted by atomic mass is 32.2. The van der Waals surface area contributed by atoms with Gasteiger partial charge in [-0.3, -0.25) is 9.59 Å². The molecule has 2 aromatic rings. The van der Waals surface area contributed by atoms with Crippen LogP contribution >= 0.6 is 0 Å². The number of ether oxygens (including phenoxy) is 2. The maximum atomic E-state index is 13.2. The van der Waals surface area contributed by atoms with Crippen molar-refractivity contribution in [3.05, 3.63) is 54.1 Å². The lowest BCUT2D eigenvalue weighted by atomic mass is 9.98. The van der Waals surface area contributed by atoms with Gasteiger partial charge in [-0.05, 0) is 67.8 Å². The van der Waals surface area contributed by atoms with E-state index in [9.17, 15) is 18.0 Å². The van der Waals surface area contributed by atoms with Crippen molar-refractivity contribution in [3.63, 3.8) is 0 Å². The SMILES string of the molecule is COc1ccc(C(=O)NCCCNc2ccc(S(=O)(=O)C3(C(N)=O)CCOCC3)cc2)cc1. The molecule has 4 N–H and O–H groups in total. The number of anilines is 1. The fourth-order valence-electron chi connectivity index (χ4n) is 3.69. The fourth-order valence-corrected chi connectivity index (χ4v) is 5.61. The molecule has 0 saturated carbocycles. The van der Waals surface area contributed by atoms with E-state index in [1.54, 1.807) is 43.5 Å². The van der Waals surface area contributed by atoms with Crippen LogP contribution in [-0.2, 0) is 19.4 Å². The Morgan fingerprint density at radius 2 is 1.67 bits per heavy atom. The molecule has 1 aliphatic rings. The van der Waals surface area contributed by atoms with Gasteiger partial charge >= 0.3 is 0 Å². The van der Waals surface area contributed by atoms with Gasteiger partial charge < -0.3 is 25.8 Å². The van der Waals surface area contributed by atoms with Crippen LogP contribution in [0.25, 0.3) is 0 Å². The minimum Gasteiger partial charge on any atom is -0.497 e. The van der Waals surface area contributed by atoms with Crippen molar-refractivity contribution in [3.8, 4) is 5.75 Å². The first-order chi connectivity index (χ1) is 15.8. The predicted molar refractivity (Wildman–Crippen MR) is 124 cm³/mol. The summed E-state index contributed by atoms with van der Waals surface area (Å²) in [6.45, 7) is 1.42. The second-order valence-corrected chi connectivity index (χ2v) is 10.0. The van der Waals surface area contributed by atoms with E-state index in [0.29, 0.717) is 30.8 Å². The van der Waals surface area contributed by atoms with Gasteiger partial charge in [-0.25, -0.2) is 8.42 Å². The molecule has 0 aromatic heterocycles. The third-order valence-corrected chi connectivity index (χ3v) is 8.28. The Morgan fingerprint density at radius 1 is 1.03 bits per heavy atom. The van der Waals surface area contributed by atoms with Crippen LogP contribution in [-0.4, -0.2) is 58.4 Å². The Hall–Kier alpha value is -3.11. The van der Waals surface area contributed by atoms with Crippen LogP contribution in [0.5, 0.6) is 5.75 Å². The van der Waals surface area contributed by atoms with Crippen LogP contribution in [0.15, 0.2) is 53.4 Å². The molecule has 1 fully saturated rings. The summed E-state index contributed by atoms with van der Waals surface area (Å²) >= 11 is 0. The molecule has 0 aliphatic carbocycles. The molecule has 0 spiro atoms. The monoisotopic (exact) mass is 475 g/mol. The van der Waals surface area contributed by atoms with Gasteiger partial charge in [0.2, 0.25) is 5.91 Å². The zero-order valence-corrected chi connectivity index (χ0v) is 19.3. The lowest BCUT2D eigenvalue weighted by Gasteiger charge is -2.33. The Kier molecular flexibility index (Phi) is 7.93. The van der Waals surface area contributed by atoms with Crippen LogP contribution in [0.4, 0.5) is 5.69 Å². The number of carbonyl (C=O) groups excluding carboxylic acids is 2. The molecule has 2 amide bonds. The van der Waals surface area contributed by atoms with E-state index < -0.39 is 20.5 Å². The largest absolute Gasteiger partial charge is 0.497 e. The molecule has 0 unspecified atom stereocenters. The average Bonchev–Trinajstić information content (AvgIpc) is 2.84. The van der Waals surface area contributed by atoms with Crippen molar-refractivity contribution in [2.24, 2.45) is 5.73 Å². The van der Waals surface area contributed by atoms with E-state index in [2.05, 4.69) is 10.6 Å². The van der Waals surface area contributed by atoms with Gasteiger partial charge in [0, 0.05) is 37.6 Å². The normalized spacial score (nSPS) is 15.4. The Balaban J connectivity index is 1.50. The molecule has 1 saturated heterocycles. The van der Waals surface area contributed by atoms with E-state index in [-0.39, 0.29) is 36.9 Å². The number of hydrogen-bond donors (Lipinski definition) is 3. The zero-order valence-electron chi connectivity index (χ0n) is 18.5. The van der Waals surface area contributed by atoms with Crippen molar-refractivity contribution in [2.45, 2.75) is 28.9 Å². The number of benzene rings is 2. The molecule has 0 radical (unpaired) electrons. The van der Waals surface area contributed by atoms with E-state index in [4.69, 9.17) is 15.2 Å². The molecule has 0 bridgehead atoms. The summed E-state index contributed by atoms with van der Waals surface area (Å²) in [5, 5.41) is 6.04. The van der Waals surface area contributed by atoms with Crippen LogP contribution in [0.2, 0.25) is 0 Å². The number of primary amides is 1. The molecule has 2 aromatic carbocycles. The van der Waals surface area contributed by atoms with Crippen LogP contribution < -0.4 is 21.1 Å². The highest BCUT2D eigenvalue weighted by Crippen LogP contribution is 2.35. The molecule has 9 nitrogen and oxygen atoms in total. The van der Waals surface area contributed by atoms with Gasteiger partial charge in [0.05, 0.1) is 12.0 Å². The third-order valence-electron chi connectivity index (χ3n) is 5.75. The topological polar surface area (TPSA) is 137 Å². The summed E-state index contributed by atoms with van der Waals surface area (Å²) in [6, 6.07) is 13.1. The van der Waals surface area contributed by atoms with Gasteiger partial charge in [-0.1, -0.05) is 0 Å². The number of methoxy groups -OCH3 is 1. The highest BCUT2D eigenvalue weighted by molar-refractivity contribution is 7.93. The lowest BCUT2D eigenvalue weighted by molar-refractivity contribution is -0.122. The molecule has 0 atom stereocenters. The van der Waals surface area contributed by atoms with Gasteiger partial charge in [0.15, 0.2) is 14.6 Å². The van der Waals surface area contributed by atoms with Crippen molar-refractivity contribution in [2.75, 3.05) is 38.7 Å². The number of amides is 2. The Labute approximate surface area is 193 Å². The highest BCUT2D eigenvalue weighted by Gasteiger charge is 2.51. The summed E-state index contributed by atoms with van der Waals surface area (Å²) in [5.41, 5.74) is 6.79. The molecule has 10 heteroatoms. The maximum Gasteiger partial charge on any atom is 0.251 e. The number of sulfone groups is 1. The van der Waals surface area contributed by atoms with E-state index in [1.165, 1.54) is 12.1 Å². The molecule has 178 valence electrons. The van der Waals surface area contributed by atoms with Crippen molar-refractivity contribution >= 4 is 27.3 Å². The number of rotatable bonds is 10. The lowest BCUT2D eigenvalue weighted by Crippen LogP contribution is -2.53. The molecule has 1 heterocycles. The summed E-state index contributed by atoms with van der Waals surface area (Å²) in [4.78, 5) is 24.3. The second-order valence-electron chi connectivity index (χ2n) is 7.76. The number of carbonyl (C=O) groups is 2. The van der Waals surface area contributed by atoms with Crippen LogP contribution in [0.1, 0.15) is 29.6 Å². The first-order valence-corrected chi connectivity index (χ1v) is 12.2. The number of nitrogens with one attached hydrogen (secondary N) is 2. The number of hydrogen-bond acceptors (Lipinski definition) is 7. The summed E-state index contributed by atoms with van der Waals surface area (Å²) in [7, 11) is -2.38. The van der Waals surface area contributed by atoms with Crippen LogP contribution in [0.3, 0.4) is 0 Å². The quantitative estimate of drug-likeness (QED) is 0.445. The third kappa shape index (κ3) is 5.45. The minimum atomic E-state index is -3.95. The molecule has 1 aliphatic heterocycles. The summed E-state index contributed by atoms with van der Waals surface area (Å²) in [6.07, 6.45) is 0.770. The average molecular weight is 476 g/mol. The van der Waals surface area contributed by atoms with E-state index >= 15 is 0 Å². The Bertz CT molecular complexity index is 1060. The van der Waals surface area contributed by atoms with E-state index in [1.807, 2.05) is 0 Å². The first-order valence-electron chi connectivity index (χ1n) is 10.7. The summed E-state index contributed by atoms with van der Waals surface area (Å²) < 4.78 is 35.0. The molecule has 33 heavy (non-hydrogen) atoms. The smallest absolute Gasteiger partial charge is 0.251 e. The van der Waals surface area contributed by atoms with Gasteiger partial charge in [-0.15, -0.1) is 0 Å². The van der Waals surface area contributed by atoms with Gasteiger partial charge in [0.25, 0.3) is 5.91 Å². The number of nitrogens with two attached hydrogens (primary N) is 1. The van der Waals surface area contributed by atoms with Crippen molar-refractivity contribution in [1.29, 1.82) is 0 Å². The predicted octanol–water partition coefficient (Wildman–Crippen LogP) is 1.74. The van der Waals surface area contributed by atoms with Crippen molar-refractivity contribution in [1.82, 2.24) is 5.32 Å². The maximum absolute atomic E-state index is 13.2. The van der Waals surface area contributed by atoms with E-state index in [0.717, 1.165) is 5.69 Å². The first kappa shape index (κ1) is 24.5. The zero-order chi connectivity index (χ0) is 23.9. The summed E-state index contributed by atoms with van der Waals surface area (Å²) in [5.74, 6) is -0.319. The van der Waals surface area contributed by atoms with Gasteiger partial charge in [0.1, 0.15) is 5.75 Å². The molecular weight excluding hydrogens is 446 g/mol. The minimum absolute atomic E-state index is 0.0485. The molecule has 3 rings (SSSR count). The van der Waals surface area contributed by atoms with Crippen molar-refractivity contribution < 1.29 is 27.5 Å².